The molecule has 1 saturated carbocycles. The first kappa shape index (κ1) is 25.9. The molecule has 0 bridgehead atoms. The molecule has 36 heavy (non-hydrogen) atoms. The average Bonchev–Trinajstić information content (AvgIpc) is 2.91. The summed E-state index contributed by atoms with van der Waals surface area (Å²) in [5.74, 6) is 0.597. The Kier molecular flexibility index (Phi) is 9.11. The maximum absolute atomic E-state index is 14.4. The number of carbonyl (C=O) groups excluding carboxylic acids is 1. The Hall–Kier alpha value is -3.20. The van der Waals surface area contributed by atoms with Gasteiger partial charge in [-0.15, -0.1) is 0 Å². The third-order valence-corrected chi connectivity index (χ3v) is 7.48. The lowest BCUT2D eigenvalue weighted by molar-refractivity contribution is -0.140. The van der Waals surface area contributed by atoms with Gasteiger partial charge in [-0.05, 0) is 92.0 Å². The zero-order valence-corrected chi connectivity index (χ0v) is 21.5. The van der Waals surface area contributed by atoms with Crippen molar-refractivity contribution in [1.82, 2.24) is 0 Å². The Balaban J connectivity index is 1.26. The molecule has 1 fully saturated rings. The largest absolute Gasteiger partial charge is 0.426 e. The summed E-state index contributed by atoms with van der Waals surface area (Å²) in [5, 5.41) is 0. The van der Waals surface area contributed by atoms with E-state index in [-0.39, 0.29) is 17.7 Å². The van der Waals surface area contributed by atoms with E-state index in [4.69, 9.17) is 4.74 Å². The van der Waals surface area contributed by atoms with E-state index in [2.05, 4.69) is 61.5 Å². The second kappa shape index (κ2) is 12.7. The molecule has 0 N–H and O–H groups in total. The Morgan fingerprint density at radius 3 is 2.39 bits per heavy atom. The van der Waals surface area contributed by atoms with E-state index < -0.39 is 0 Å². The lowest BCUT2D eigenvalue weighted by Gasteiger charge is -2.27. The van der Waals surface area contributed by atoms with E-state index in [0.717, 1.165) is 38.5 Å². The number of hydrogen-bond acceptors (Lipinski definition) is 2. The number of hydrogen-bond donors (Lipinski definition) is 0. The van der Waals surface area contributed by atoms with Crippen LogP contribution in [0.1, 0.15) is 80.0 Å². The van der Waals surface area contributed by atoms with Gasteiger partial charge in [0.1, 0.15) is 11.6 Å². The highest BCUT2D eigenvalue weighted by atomic mass is 19.1. The van der Waals surface area contributed by atoms with Crippen LogP contribution in [0.3, 0.4) is 0 Å². The molecular formula is C33H37FO2. The zero-order chi connectivity index (χ0) is 25.3. The fraction of sp³-hybridized carbons (Fsp3) is 0.364. The minimum atomic E-state index is -0.310. The van der Waals surface area contributed by atoms with Crippen LogP contribution in [0.2, 0.25) is 0 Å². The van der Waals surface area contributed by atoms with Crippen molar-refractivity contribution in [3.63, 3.8) is 0 Å². The van der Waals surface area contributed by atoms with E-state index in [1.54, 1.807) is 12.1 Å². The van der Waals surface area contributed by atoms with Crippen LogP contribution in [0, 0.1) is 11.7 Å². The van der Waals surface area contributed by atoms with Gasteiger partial charge in [0, 0.05) is 6.07 Å². The number of esters is 1. The number of aryl methyl sites for hydroxylation is 1. The molecule has 0 amide bonds. The van der Waals surface area contributed by atoms with Crippen LogP contribution >= 0.6 is 0 Å². The highest BCUT2D eigenvalue weighted by Crippen LogP contribution is 2.37. The predicted molar refractivity (Wildman–Crippen MR) is 145 cm³/mol. The van der Waals surface area contributed by atoms with Gasteiger partial charge in [0.15, 0.2) is 0 Å². The zero-order valence-electron chi connectivity index (χ0n) is 21.5. The van der Waals surface area contributed by atoms with E-state index in [1.807, 2.05) is 19.1 Å². The molecule has 1 atom stereocenters. The maximum Gasteiger partial charge on any atom is 0.314 e. The Morgan fingerprint density at radius 1 is 1.00 bits per heavy atom. The van der Waals surface area contributed by atoms with Crippen LogP contribution in [0.25, 0.3) is 0 Å². The van der Waals surface area contributed by atoms with E-state index in [1.165, 1.54) is 22.8 Å². The summed E-state index contributed by atoms with van der Waals surface area (Å²) in [6, 6.07) is 24.5. The molecule has 0 spiro atoms. The van der Waals surface area contributed by atoms with Gasteiger partial charge in [0.25, 0.3) is 0 Å². The molecule has 0 heterocycles. The number of carbonyl (C=O) groups is 1. The molecule has 4 rings (SSSR count). The first-order valence-corrected chi connectivity index (χ1v) is 13.3. The van der Waals surface area contributed by atoms with Gasteiger partial charge in [-0.2, -0.15) is 0 Å². The van der Waals surface area contributed by atoms with Crippen LogP contribution in [0.5, 0.6) is 5.75 Å². The molecule has 0 aromatic heterocycles. The fourth-order valence-electron chi connectivity index (χ4n) is 5.24. The molecule has 1 aliphatic carbocycles. The van der Waals surface area contributed by atoms with Crippen molar-refractivity contribution in [2.75, 3.05) is 0 Å². The minimum Gasteiger partial charge on any atom is -0.426 e. The topological polar surface area (TPSA) is 26.3 Å². The van der Waals surface area contributed by atoms with Crippen molar-refractivity contribution >= 4 is 5.97 Å². The second-order valence-corrected chi connectivity index (χ2v) is 10.1. The van der Waals surface area contributed by atoms with Gasteiger partial charge >= 0.3 is 5.97 Å². The Bertz CT molecular complexity index is 1140. The molecule has 3 heteroatoms. The van der Waals surface area contributed by atoms with Gasteiger partial charge in [-0.25, -0.2) is 4.39 Å². The van der Waals surface area contributed by atoms with Crippen LogP contribution in [-0.2, 0) is 17.6 Å². The molecule has 0 aliphatic heterocycles. The number of allylic oxidation sites excluding steroid dienone is 2. The lowest BCUT2D eigenvalue weighted by atomic mass is 9.78. The van der Waals surface area contributed by atoms with E-state index >= 15 is 0 Å². The monoisotopic (exact) mass is 484 g/mol. The summed E-state index contributed by atoms with van der Waals surface area (Å²) < 4.78 is 19.9. The summed E-state index contributed by atoms with van der Waals surface area (Å²) in [6.07, 6.45) is 10.00. The van der Waals surface area contributed by atoms with Crippen LogP contribution in [0.15, 0.2) is 84.9 Å². The molecule has 0 saturated heterocycles. The van der Waals surface area contributed by atoms with Crippen LogP contribution in [-0.4, -0.2) is 5.97 Å². The second-order valence-electron chi connectivity index (χ2n) is 10.1. The summed E-state index contributed by atoms with van der Waals surface area (Å²) in [5.41, 5.74) is 4.73. The highest BCUT2D eigenvalue weighted by molar-refractivity contribution is 5.75. The molecule has 188 valence electrons. The van der Waals surface area contributed by atoms with Crippen molar-refractivity contribution in [3.05, 3.63) is 113 Å². The highest BCUT2D eigenvalue weighted by Gasteiger charge is 2.28. The molecule has 1 aliphatic rings. The summed E-state index contributed by atoms with van der Waals surface area (Å²) in [4.78, 5) is 12.7. The lowest BCUT2D eigenvalue weighted by Crippen LogP contribution is -2.25. The van der Waals surface area contributed by atoms with Crippen LogP contribution in [0.4, 0.5) is 4.39 Å². The van der Waals surface area contributed by atoms with Gasteiger partial charge in [0.2, 0.25) is 0 Å². The van der Waals surface area contributed by atoms with Gasteiger partial charge in [-0.1, -0.05) is 79.7 Å². The smallest absolute Gasteiger partial charge is 0.314 e. The number of benzene rings is 3. The van der Waals surface area contributed by atoms with E-state index in [0.29, 0.717) is 29.6 Å². The fourth-order valence-corrected chi connectivity index (χ4v) is 5.24. The molecule has 2 nitrogen and oxygen atoms in total. The molecule has 1 unspecified atom stereocenters. The quantitative estimate of drug-likeness (QED) is 0.173. The number of ether oxygens (including phenoxy) is 1. The molecular weight excluding hydrogens is 447 g/mol. The average molecular weight is 485 g/mol. The third-order valence-electron chi connectivity index (χ3n) is 7.48. The minimum absolute atomic E-state index is 0.121. The first-order valence-electron chi connectivity index (χ1n) is 13.3. The summed E-state index contributed by atoms with van der Waals surface area (Å²) >= 11 is 0. The summed E-state index contributed by atoms with van der Waals surface area (Å²) in [6.45, 7) is 4.23. The van der Waals surface area contributed by atoms with E-state index in [9.17, 15) is 9.18 Å². The third kappa shape index (κ3) is 6.94. The van der Waals surface area contributed by atoms with Crippen LogP contribution < -0.4 is 4.74 Å². The van der Waals surface area contributed by atoms with Gasteiger partial charge < -0.3 is 4.74 Å². The first-order chi connectivity index (χ1) is 17.5. The standard InChI is InChI=1S/C33H37FO2/c1-3-4-6-11-29-20-21-31(23-32(29)34)36-33(35)30-18-16-28(17-19-30)27-14-12-25(13-15-27)22-24(2)26-9-7-5-8-10-26/h3-5,7-10,12-15,20-21,23-24,28,30H,6,11,16-19,22H2,1-2H3/b4-3+. The van der Waals surface area contributed by atoms with Crippen molar-refractivity contribution in [1.29, 1.82) is 0 Å². The Labute approximate surface area is 215 Å². The number of halogens is 1. The van der Waals surface area contributed by atoms with Gasteiger partial charge in [-0.3, -0.25) is 4.79 Å². The Morgan fingerprint density at radius 2 is 1.72 bits per heavy atom. The number of rotatable bonds is 9. The molecule has 3 aromatic rings. The van der Waals surface area contributed by atoms with Crippen molar-refractivity contribution in [2.24, 2.45) is 5.92 Å². The molecule has 3 aromatic carbocycles. The normalized spacial score (nSPS) is 18.8. The molecule has 0 radical (unpaired) electrons. The summed E-state index contributed by atoms with van der Waals surface area (Å²) in [7, 11) is 0. The van der Waals surface area contributed by atoms with Gasteiger partial charge in [0.05, 0.1) is 5.92 Å². The van der Waals surface area contributed by atoms with Crippen molar-refractivity contribution in [2.45, 2.75) is 70.6 Å². The van der Waals surface area contributed by atoms with Crippen molar-refractivity contribution < 1.29 is 13.9 Å². The maximum atomic E-state index is 14.4. The SMILES string of the molecule is C/C=C/CCc1ccc(OC(=O)C2CCC(c3ccc(CC(C)c4ccccc4)cc3)CC2)cc1F. The predicted octanol–water partition coefficient (Wildman–Crippen LogP) is 8.56. The van der Waals surface area contributed by atoms with Crippen molar-refractivity contribution in [3.8, 4) is 5.75 Å².